The van der Waals surface area contributed by atoms with Gasteiger partial charge in [0, 0.05) is 19.3 Å². The third kappa shape index (κ3) is 8.86. The van der Waals surface area contributed by atoms with Gasteiger partial charge in [0.2, 0.25) is 0 Å². The molecule has 0 aromatic carbocycles. The van der Waals surface area contributed by atoms with Gasteiger partial charge in [0.15, 0.2) is 0 Å². The van der Waals surface area contributed by atoms with E-state index in [0.29, 0.717) is 12.3 Å². The van der Waals surface area contributed by atoms with Crippen LogP contribution in [0.3, 0.4) is 0 Å². The molecule has 150 valence electrons. The van der Waals surface area contributed by atoms with E-state index >= 15 is 0 Å². The average Bonchev–Trinajstić information content (AvgIpc) is 2.33. The van der Waals surface area contributed by atoms with Crippen LogP contribution in [-0.4, -0.2) is 23.9 Å². The molecule has 0 aromatic rings. The normalized spacial score (nSPS) is 16.8. The molecule has 0 saturated carbocycles. The van der Waals surface area contributed by atoms with Gasteiger partial charge in [-0.15, -0.1) is 0 Å². The molecule has 4 nitrogen and oxygen atoms in total. The summed E-state index contributed by atoms with van der Waals surface area (Å²) in [4.78, 5) is 0. The molecule has 0 bridgehead atoms. The number of hydrogen-bond acceptors (Lipinski definition) is 4. The highest BCUT2D eigenvalue weighted by Crippen LogP contribution is 2.53. The van der Waals surface area contributed by atoms with Crippen molar-refractivity contribution in [1.29, 1.82) is 0 Å². The van der Waals surface area contributed by atoms with Crippen LogP contribution in [0.2, 0.25) is 0 Å². The minimum atomic E-state index is -3.28. The van der Waals surface area contributed by atoms with E-state index in [0.717, 1.165) is 6.42 Å². The molecule has 0 spiro atoms. The third-order valence-electron chi connectivity index (χ3n) is 4.70. The van der Waals surface area contributed by atoms with E-state index in [2.05, 4.69) is 48.1 Å². The summed E-state index contributed by atoms with van der Waals surface area (Å²) >= 11 is 0. The van der Waals surface area contributed by atoms with Crippen LogP contribution in [-0.2, 0) is 18.3 Å². The van der Waals surface area contributed by atoms with Crippen LogP contribution in [0.25, 0.3) is 0 Å². The summed E-state index contributed by atoms with van der Waals surface area (Å²) in [5.41, 5.74) is -1.22. The molecule has 1 unspecified atom stereocenters. The van der Waals surface area contributed by atoms with Crippen LogP contribution in [0.1, 0.15) is 82.1 Å². The van der Waals surface area contributed by atoms with Gasteiger partial charge in [0.25, 0.3) is 0 Å². The summed E-state index contributed by atoms with van der Waals surface area (Å²) in [5.74, 6) is 1.82. The SMILES string of the molecule is C=CP(=O)(OC)OC(C)(C)CC(C)(C)OC(C)(C)CC(C)(C)C(C)C. The molecule has 5 heteroatoms. The van der Waals surface area contributed by atoms with Gasteiger partial charge in [-0.3, -0.25) is 9.09 Å². The second-order valence-corrected chi connectivity index (χ2v) is 11.9. The molecule has 0 heterocycles. The van der Waals surface area contributed by atoms with Crippen molar-refractivity contribution in [2.24, 2.45) is 11.3 Å². The largest absolute Gasteiger partial charge is 0.370 e. The van der Waals surface area contributed by atoms with Crippen molar-refractivity contribution in [2.75, 3.05) is 7.11 Å². The summed E-state index contributed by atoms with van der Waals surface area (Å²) in [7, 11) is -1.91. The van der Waals surface area contributed by atoms with Crippen molar-refractivity contribution < 1.29 is 18.3 Å². The zero-order chi connectivity index (χ0) is 20.3. The zero-order valence-electron chi connectivity index (χ0n) is 18.4. The van der Waals surface area contributed by atoms with Crippen molar-refractivity contribution in [3.8, 4) is 0 Å². The van der Waals surface area contributed by atoms with E-state index in [4.69, 9.17) is 13.8 Å². The summed E-state index contributed by atoms with van der Waals surface area (Å²) in [6.45, 7) is 24.8. The lowest BCUT2D eigenvalue weighted by Crippen LogP contribution is -2.44. The molecule has 1 atom stereocenters. The molecule has 0 saturated heterocycles. The van der Waals surface area contributed by atoms with Gasteiger partial charge in [-0.05, 0) is 59.3 Å². The molecule has 0 N–H and O–H groups in total. The van der Waals surface area contributed by atoms with Crippen molar-refractivity contribution in [3.05, 3.63) is 12.4 Å². The van der Waals surface area contributed by atoms with Gasteiger partial charge in [0.05, 0.1) is 16.8 Å². The van der Waals surface area contributed by atoms with Crippen molar-refractivity contribution in [3.63, 3.8) is 0 Å². The maximum atomic E-state index is 12.4. The highest BCUT2D eigenvalue weighted by molar-refractivity contribution is 7.57. The Kier molecular flexibility index (Phi) is 8.20. The van der Waals surface area contributed by atoms with Gasteiger partial charge >= 0.3 is 7.60 Å². The predicted molar refractivity (Wildman–Crippen MR) is 107 cm³/mol. The van der Waals surface area contributed by atoms with Crippen molar-refractivity contribution >= 4 is 7.60 Å². The first-order valence-electron chi connectivity index (χ1n) is 9.09. The molecule has 0 rings (SSSR count). The summed E-state index contributed by atoms with van der Waals surface area (Å²) < 4.78 is 29.6. The fraction of sp³-hybridized carbons (Fsp3) is 0.900. The molecule has 0 aliphatic rings. The van der Waals surface area contributed by atoms with Crippen LogP contribution in [0.4, 0.5) is 0 Å². The second-order valence-electron chi connectivity index (χ2n) is 9.87. The monoisotopic (exact) mass is 376 g/mol. The van der Waals surface area contributed by atoms with E-state index in [-0.39, 0.29) is 11.0 Å². The maximum Gasteiger partial charge on any atom is 0.353 e. The maximum absolute atomic E-state index is 12.4. The van der Waals surface area contributed by atoms with Crippen LogP contribution in [0, 0.1) is 11.3 Å². The Hall–Kier alpha value is -0.150. The smallest absolute Gasteiger partial charge is 0.353 e. The highest BCUT2D eigenvalue weighted by atomic mass is 31.2. The lowest BCUT2D eigenvalue weighted by atomic mass is 9.73. The summed E-state index contributed by atoms with van der Waals surface area (Å²) in [6, 6.07) is 0. The average molecular weight is 377 g/mol. The molecular weight excluding hydrogens is 335 g/mol. The first-order valence-corrected chi connectivity index (χ1v) is 10.7. The lowest BCUT2D eigenvalue weighted by Gasteiger charge is -2.44. The highest BCUT2D eigenvalue weighted by Gasteiger charge is 2.40. The predicted octanol–water partition coefficient (Wildman–Crippen LogP) is 6.80. The van der Waals surface area contributed by atoms with E-state index in [9.17, 15) is 4.57 Å². The minimum absolute atomic E-state index is 0.181. The van der Waals surface area contributed by atoms with Crippen molar-refractivity contribution in [1.82, 2.24) is 0 Å². The topological polar surface area (TPSA) is 44.8 Å². The molecule has 0 fully saturated rings. The van der Waals surface area contributed by atoms with Gasteiger partial charge in [-0.1, -0.05) is 34.3 Å². The summed E-state index contributed by atoms with van der Waals surface area (Å²) in [6.07, 6.45) is 1.53. The standard InChI is InChI=1S/C20H41O4P/c1-13-25(21,22-12)24-20(10,11)15-19(8,9)23-18(6,7)14-17(4,5)16(2)3/h13,16H,1,14-15H2,2-12H3. The zero-order valence-corrected chi connectivity index (χ0v) is 19.3. The Bertz CT molecular complexity index is 490. The molecule has 0 aliphatic carbocycles. The van der Waals surface area contributed by atoms with Gasteiger partial charge in [-0.2, -0.15) is 0 Å². The molecule has 0 radical (unpaired) electrons. The van der Waals surface area contributed by atoms with Crippen LogP contribution in [0.15, 0.2) is 12.4 Å². The molecule has 0 aromatic heterocycles. The molecular formula is C20H41O4P. The van der Waals surface area contributed by atoms with Gasteiger partial charge in [0.1, 0.15) is 0 Å². The minimum Gasteiger partial charge on any atom is -0.370 e. The first-order chi connectivity index (χ1) is 10.9. The van der Waals surface area contributed by atoms with E-state index in [1.807, 2.05) is 27.7 Å². The van der Waals surface area contributed by atoms with E-state index in [1.165, 1.54) is 12.9 Å². The summed E-state index contributed by atoms with van der Waals surface area (Å²) in [5, 5.41) is 0. The Morgan fingerprint density at radius 2 is 1.36 bits per heavy atom. The number of ether oxygens (including phenoxy) is 1. The van der Waals surface area contributed by atoms with Crippen LogP contribution >= 0.6 is 7.60 Å². The number of rotatable bonds is 11. The van der Waals surface area contributed by atoms with Gasteiger partial charge < -0.3 is 9.26 Å². The Morgan fingerprint density at radius 1 is 0.920 bits per heavy atom. The van der Waals surface area contributed by atoms with E-state index in [1.54, 1.807) is 0 Å². The quantitative estimate of drug-likeness (QED) is 0.372. The fourth-order valence-corrected chi connectivity index (χ4v) is 4.72. The van der Waals surface area contributed by atoms with Crippen LogP contribution in [0.5, 0.6) is 0 Å². The first kappa shape index (κ1) is 24.8. The Morgan fingerprint density at radius 3 is 1.72 bits per heavy atom. The lowest BCUT2D eigenvalue weighted by molar-refractivity contribution is -0.160. The van der Waals surface area contributed by atoms with E-state index < -0.39 is 18.8 Å². The van der Waals surface area contributed by atoms with Crippen LogP contribution < -0.4 is 0 Å². The fourth-order valence-electron chi connectivity index (χ4n) is 3.67. The third-order valence-corrected chi connectivity index (χ3v) is 6.41. The second kappa shape index (κ2) is 8.25. The molecule has 0 amide bonds. The Balaban J connectivity index is 5.13. The van der Waals surface area contributed by atoms with Gasteiger partial charge in [-0.25, -0.2) is 0 Å². The molecule has 25 heavy (non-hydrogen) atoms. The number of hydrogen-bond donors (Lipinski definition) is 0. The molecule has 0 aliphatic heterocycles. The Labute approximate surface area is 156 Å². The van der Waals surface area contributed by atoms with Crippen molar-refractivity contribution in [2.45, 2.75) is 98.9 Å².